The lowest BCUT2D eigenvalue weighted by molar-refractivity contribution is -0.233. The van der Waals surface area contributed by atoms with E-state index < -0.39 is 16.4 Å². The Labute approximate surface area is 78.6 Å². The summed E-state index contributed by atoms with van der Waals surface area (Å²) >= 11 is -1.00. The Balaban J connectivity index is 2.49. The van der Waals surface area contributed by atoms with E-state index in [1.165, 1.54) is 0 Å². The Hall–Kier alpha value is -1.42. The molecule has 0 fully saturated rings. The van der Waals surface area contributed by atoms with E-state index in [2.05, 4.69) is 4.72 Å². The van der Waals surface area contributed by atoms with Crippen LogP contribution in [0.4, 0.5) is 4.79 Å². The van der Waals surface area contributed by atoms with Gasteiger partial charge in [-0.2, -0.15) is 0 Å². The van der Waals surface area contributed by atoms with Gasteiger partial charge in [0.15, 0.2) is 16.0 Å². The molecule has 1 aliphatic rings. The number of carboxylic acid groups (broad SMARTS) is 1. The van der Waals surface area contributed by atoms with Gasteiger partial charge in [-0.1, -0.05) is 12.1 Å². The van der Waals surface area contributed by atoms with Gasteiger partial charge < -0.3 is 9.90 Å². The number of rotatable bonds is 0. The van der Waals surface area contributed by atoms with Crippen LogP contribution in [0.15, 0.2) is 35.4 Å². The van der Waals surface area contributed by atoms with E-state index in [0.29, 0.717) is 0 Å². The molecule has 0 aromatic heterocycles. The quantitative estimate of drug-likeness (QED) is 0.610. The summed E-state index contributed by atoms with van der Waals surface area (Å²) in [5.41, 5.74) is 0.939. The first kappa shape index (κ1) is 8.19. The number of carbonyl (C=O) groups excluding carboxylic acids is 1. The molecule has 1 atom stereocenters. The molecule has 13 heavy (non-hydrogen) atoms. The highest BCUT2D eigenvalue weighted by molar-refractivity contribution is 8.08. The van der Waals surface area contributed by atoms with Crippen molar-refractivity contribution in [2.75, 3.05) is 0 Å². The van der Waals surface area contributed by atoms with E-state index >= 15 is 0 Å². The lowest BCUT2D eigenvalue weighted by atomic mass is 10.2. The highest BCUT2D eigenvalue weighted by Crippen LogP contribution is 2.21. The van der Waals surface area contributed by atoms with E-state index in [-0.39, 0.29) is 0 Å². The van der Waals surface area contributed by atoms with Crippen molar-refractivity contribution in [3.63, 3.8) is 0 Å². The fourth-order valence-electron chi connectivity index (χ4n) is 1.20. The molecule has 0 radical (unpaired) electrons. The number of nitrogens with one attached hydrogen (secondary N) is 1. The molecule has 1 unspecified atom stereocenters. The number of carbonyl (C=O) groups is 1. The molecule has 0 spiro atoms. The van der Waals surface area contributed by atoms with Crippen LogP contribution in [0.5, 0.6) is 0 Å². The zero-order valence-electron chi connectivity index (χ0n) is 6.69. The average molecular weight is 193 g/mol. The van der Waals surface area contributed by atoms with Crippen LogP contribution in [0, 0.1) is 0 Å². The SMILES string of the molecule is O=C([O-])[S+]1NC=Cc2ccccc21. The molecule has 66 valence electrons. The van der Waals surface area contributed by atoms with E-state index in [1.807, 2.05) is 24.3 Å². The Morgan fingerprint density at radius 1 is 1.38 bits per heavy atom. The van der Waals surface area contributed by atoms with E-state index in [1.54, 1.807) is 12.3 Å². The van der Waals surface area contributed by atoms with Gasteiger partial charge in [-0.25, -0.2) is 4.72 Å². The maximum atomic E-state index is 10.7. The number of hydrogen-bond donors (Lipinski definition) is 1. The highest BCUT2D eigenvalue weighted by atomic mass is 32.2. The predicted octanol–water partition coefficient (Wildman–Crippen LogP) is 0.496. The van der Waals surface area contributed by atoms with Gasteiger partial charge in [0.1, 0.15) is 0 Å². The first-order valence-corrected chi connectivity index (χ1v) is 4.98. The topological polar surface area (TPSA) is 52.2 Å². The van der Waals surface area contributed by atoms with Crippen molar-refractivity contribution in [3.05, 3.63) is 36.0 Å². The molecule has 4 heteroatoms. The smallest absolute Gasteiger partial charge is 0.307 e. The molecular formula is C9H7NO2S. The van der Waals surface area contributed by atoms with Crippen molar-refractivity contribution in [1.82, 2.24) is 4.72 Å². The molecule has 0 amide bonds. The van der Waals surface area contributed by atoms with Crippen molar-refractivity contribution < 1.29 is 9.90 Å². The van der Waals surface area contributed by atoms with Gasteiger partial charge in [0.2, 0.25) is 0 Å². The molecule has 1 heterocycles. The molecule has 1 aliphatic heterocycles. The second kappa shape index (κ2) is 3.14. The fraction of sp³-hybridized carbons (Fsp3) is 0. The number of benzene rings is 1. The average Bonchev–Trinajstić information content (AvgIpc) is 2.17. The monoisotopic (exact) mass is 193 g/mol. The van der Waals surface area contributed by atoms with Crippen LogP contribution < -0.4 is 9.83 Å². The lowest BCUT2D eigenvalue weighted by Gasteiger charge is -2.11. The minimum absolute atomic E-state index is 0.782. The van der Waals surface area contributed by atoms with Crippen LogP contribution in [-0.4, -0.2) is 5.30 Å². The molecule has 1 N–H and O–H groups in total. The van der Waals surface area contributed by atoms with Crippen LogP contribution in [0.25, 0.3) is 6.08 Å². The summed E-state index contributed by atoms with van der Waals surface area (Å²) in [7, 11) is 0. The molecular weight excluding hydrogens is 186 g/mol. The fourth-order valence-corrected chi connectivity index (χ4v) is 2.39. The van der Waals surface area contributed by atoms with Gasteiger partial charge in [0.25, 0.3) is 0 Å². The third-order valence-electron chi connectivity index (χ3n) is 1.75. The summed E-state index contributed by atoms with van der Waals surface area (Å²) in [5, 5.41) is 9.65. The molecule has 0 saturated heterocycles. The van der Waals surface area contributed by atoms with Crippen molar-refractivity contribution in [1.29, 1.82) is 0 Å². The van der Waals surface area contributed by atoms with Crippen LogP contribution >= 0.6 is 0 Å². The Morgan fingerprint density at radius 2 is 2.15 bits per heavy atom. The Morgan fingerprint density at radius 3 is 2.92 bits per heavy atom. The maximum absolute atomic E-state index is 10.7. The molecule has 2 rings (SSSR count). The largest absolute Gasteiger partial charge is 0.502 e. The van der Waals surface area contributed by atoms with Crippen LogP contribution in [-0.2, 0) is 11.1 Å². The van der Waals surface area contributed by atoms with Gasteiger partial charge in [0, 0.05) is 11.8 Å². The zero-order valence-corrected chi connectivity index (χ0v) is 7.51. The standard InChI is InChI=1S/C9H7NO2S/c11-9(12)13-8-4-2-1-3-7(8)5-6-10-13/h1-6,10H. The molecule has 3 nitrogen and oxygen atoms in total. The van der Waals surface area contributed by atoms with Gasteiger partial charge in [0.05, 0.1) is 0 Å². The molecule has 0 bridgehead atoms. The Bertz CT molecular complexity index is 376. The van der Waals surface area contributed by atoms with Gasteiger partial charge in [-0.15, -0.1) is 0 Å². The van der Waals surface area contributed by atoms with E-state index in [4.69, 9.17) is 0 Å². The highest BCUT2D eigenvalue weighted by Gasteiger charge is 2.28. The third-order valence-corrected chi connectivity index (χ3v) is 3.27. The van der Waals surface area contributed by atoms with Crippen molar-refractivity contribution in [3.8, 4) is 0 Å². The van der Waals surface area contributed by atoms with Gasteiger partial charge in [-0.3, -0.25) is 0 Å². The molecule has 0 aliphatic carbocycles. The zero-order chi connectivity index (χ0) is 9.26. The number of fused-ring (bicyclic) bond motifs is 1. The van der Waals surface area contributed by atoms with E-state index in [0.717, 1.165) is 10.5 Å². The summed E-state index contributed by atoms with van der Waals surface area (Å²) < 4.78 is 2.76. The second-order valence-corrected chi connectivity index (χ2v) is 4.17. The third kappa shape index (κ3) is 1.40. The molecule has 1 aromatic carbocycles. The normalized spacial score (nSPS) is 18.9. The van der Waals surface area contributed by atoms with Crippen molar-refractivity contribution in [2.45, 2.75) is 4.90 Å². The first-order valence-electron chi connectivity index (χ1n) is 3.76. The lowest BCUT2D eigenvalue weighted by Crippen LogP contribution is -2.39. The van der Waals surface area contributed by atoms with E-state index in [9.17, 15) is 9.90 Å². The number of hydrogen-bond acceptors (Lipinski definition) is 3. The molecule has 1 aromatic rings. The minimum atomic E-state index is -1.07. The minimum Gasteiger partial charge on any atom is -0.502 e. The van der Waals surface area contributed by atoms with Gasteiger partial charge in [-0.05, 0) is 18.2 Å². The van der Waals surface area contributed by atoms with Crippen LogP contribution in [0.3, 0.4) is 0 Å². The summed E-state index contributed by atoms with van der Waals surface area (Å²) in [4.78, 5) is 11.5. The summed E-state index contributed by atoms with van der Waals surface area (Å²) in [6, 6.07) is 7.38. The molecule has 0 saturated carbocycles. The second-order valence-electron chi connectivity index (χ2n) is 2.55. The maximum Gasteiger partial charge on any atom is 0.307 e. The summed E-state index contributed by atoms with van der Waals surface area (Å²) in [6.45, 7) is 0. The van der Waals surface area contributed by atoms with Crippen LogP contribution in [0.2, 0.25) is 0 Å². The summed E-state index contributed by atoms with van der Waals surface area (Å²) in [5.74, 6) is 0. The van der Waals surface area contributed by atoms with Crippen molar-refractivity contribution in [2.24, 2.45) is 0 Å². The summed E-state index contributed by atoms with van der Waals surface area (Å²) in [6.07, 6.45) is 3.49. The van der Waals surface area contributed by atoms with Gasteiger partial charge >= 0.3 is 5.30 Å². The van der Waals surface area contributed by atoms with Crippen LogP contribution in [0.1, 0.15) is 5.56 Å². The Kier molecular flexibility index (Phi) is 1.98. The predicted molar refractivity (Wildman–Crippen MR) is 49.6 cm³/mol. The first-order chi connectivity index (χ1) is 6.29. The van der Waals surface area contributed by atoms with Crippen molar-refractivity contribution >= 4 is 22.5 Å².